The molecule has 0 aromatic carbocycles. The van der Waals surface area contributed by atoms with Gasteiger partial charge in [0, 0.05) is 25.3 Å². The fourth-order valence-corrected chi connectivity index (χ4v) is 3.33. The Morgan fingerprint density at radius 3 is 2.52 bits per heavy atom. The second-order valence-electron chi connectivity index (χ2n) is 8.02. The maximum atomic E-state index is 12.1. The first-order valence-corrected chi connectivity index (χ1v) is 9.10. The van der Waals surface area contributed by atoms with Gasteiger partial charge in [-0.25, -0.2) is 9.78 Å². The maximum Gasteiger partial charge on any atom is 0.410 e. The predicted molar refractivity (Wildman–Crippen MR) is 92.1 cm³/mol. The third kappa shape index (κ3) is 4.73. The molecule has 7 heteroatoms. The summed E-state index contributed by atoms with van der Waals surface area (Å²) in [5, 5.41) is 9.08. The standard InChI is InChI=1S/C18H29N3O4/c1-18(2,3)25-17(23)20-6-4-15(5-7-20)24-16-8-14(9-16)21-10-13(11-22)19-12-21/h10,12,14-16,22H,4-9,11H2,1-3H3. The summed E-state index contributed by atoms with van der Waals surface area (Å²) < 4.78 is 13.7. The fourth-order valence-electron chi connectivity index (χ4n) is 3.33. The largest absolute Gasteiger partial charge is 0.444 e. The van der Waals surface area contributed by atoms with Gasteiger partial charge in [-0.05, 0) is 46.5 Å². The number of piperidine rings is 1. The molecule has 0 unspecified atom stereocenters. The van der Waals surface area contributed by atoms with E-state index in [1.54, 1.807) is 11.2 Å². The minimum atomic E-state index is -0.450. The van der Waals surface area contributed by atoms with Gasteiger partial charge in [-0.2, -0.15) is 0 Å². The van der Waals surface area contributed by atoms with Crippen LogP contribution in [0.5, 0.6) is 0 Å². The van der Waals surface area contributed by atoms with E-state index in [9.17, 15) is 4.79 Å². The van der Waals surface area contributed by atoms with Gasteiger partial charge in [0.05, 0.1) is 30.8 Å². The van der Waals surface area contributed by atoms with Crippen molar-refractivity contribution >= 4 is 6.09 Å². The summed E-state index contributed by atoms with van der Waals surface area (Å²) in [7, 11) is 0. The summed E-state index contributed by atoms with van der Waals surface area (Å²) in [6.07, 6.45) is 7.64. The summed E-state index contributed by atoms with van der Waals surface area (Å²) >= 11 is 0. The van der Waals surface area contributed by atoms with E-state index in [1.807, 2.05) is 27.0 Å². The zero-order valence-electron chi connectivity index (χ0n) is 15.4. The van der Waals surface area contributed by atoms with Crippen LogP contribution in [-0.4, -0.2) is 56.5 Å². The van der Waals surface area contributed by atoms with Crippen molar-refractivity contribution in [3.8, 4) is 0 Å². The molecule has 25 heavy (non-hydrogen) atoms. The van der Waals surface area contributed by atoms with Crippen LogP contribution in [0.15, 0.2) is 12.5 Å². The molecular formula is C18H29N3O4. The van der Waals surface area contributed by atoms with Crippen molar-refractivity contribution < 1.29 is 19.4 Å². The Kier molecular flexibility index (Phi) is 5.34. The van der Waals surface area contributed by atoms with Gasteiger partial charge < -0.3 is 24.0 Å². The molecule has 2 fully saturated rings. The smallest absolute Gasteiger partial charge is 0.410 e. The van der Waals surface area contributed by atoms with Crippen LogP contribution in [-0.2, 0) is 16.1 Å². The Labute approximate surface area is 148 Å². The Balaban J connectivity index is 1.37. The van der Waals surface area contributed by atoms with Crippen molar-refractivity contribution in [2.45, 2.75) is 76.9 Å². The molecule has 0 atom stereocenters. The van der Waals surface area contributed by atoms with Crippen molar-refractivity contribution in [2.24, 2.45) is 0 Å². The van der Waals surface area contributed by atoms with E-state index in [-0.39, 0.29) is 24.9 Å². The van der Waals surface area contributed by atoms with Crippen molar-refractivity contribution in [1.82, 2.24) is 14.5 Å². The Morgan fingerprint density at radius 2 is 1.96 bits per heavy atom. The number of amides is 1. The average Bonchev–Trinajstić information content (AvgIpc) is 2.98. The maximum absolute atomic E-state index is 12.1. The molecule has 0 bridgehead atoms. The minimum absolute atomic E-state index is 0.0180. The number of hydrogen-bond donors (Lipinski definition) is 1. The lowest BCUT2D eigenvalue weighted by Gasteiger charge is -2.40. The van der Waals surface area contributed by atoms with Gasteiger partial charge in [0.25, 0.3) is 0 Å². The molecule has 7 nitrogen and oxygen atoms in total. The molecule has 0 radical (unpaired) electrons. The van der Waals surface area contributed by atoms with Crippen LogP contribution in [0.4, 0.5) is 4.79 Å². The topological polar surface area (TPSA) is 76.8 Å². The average molecular weight is 351 g/mol. The van der Waals surface area contributed by atoms with Gasteiger partial charge in [0.15, 0.2) is 0 Å². The molecule has 1 saturated carbocycles. The van der Waals surface area contributed by atoms with Crippen LogP contribution < -0.4 is 0 Å². The second kappa shape index (κ2) is 7.33. The summed E-state index contributed by atoms with van der Waals surface area (Å²) in [4.78, 5) is 18.0. The molecule has 1 amide bonds. The lowest BCUT2D eigenvalue weighted by atomic mass is 9.88. The number of likely N-dealkylation sites (tertiary alicyclic amines) is 1. The number of aliphatic hydroxyl groups is 1. The zero-order chi connectivity index (χ0) is 18.0. The predicted octanol–water partition coefficient (Wildman–Crippen LogP) is 2.50. The fraction of sp³-hybridized carbons (Fsp3) is 0.778. The molecule has 1 aromatic rings. The monoisotopic (exact) mass is 351 g/mol. The quantitative estimate of drug-likeness (QED) is 0.902. The van der Waals surface area contributed by atoms with Crippen LogP contribution in [0.1, 0.15) is 58.2 Å². The Bertz CT molecular complexity index is 581. The summed E-state index contributed by atoms with van der Waals surface area (Å²) in [5.41, 5.74) is 0.257. The lowest BCUT2D eigenvalue weighted by Crippen LogP contribution is -2.45. The first-order valence-electron chi connectivity index (χ1n) is 9.10. The molecule has 3 rings (SSSR count). The number of aliphatic hydroxyl groups excluding tert-OH is 1. The minimum Gasteiger partial charge on any atom is -0.444 e. The number of ether oxygens (including phenoxy) is 2. The molecule has 2 heterocycles. The van der Waals surface area contributed by atoms with E-state index in [0.717, 1.165) is 25.7 Å². The summed E-state index contributed by atoms with van der Waals surface area (Å²) in [6, 6.07) is 0.416. The van der Waals surface area contributed by atoms with Gasteiger partial charge in [0.1, 0.15) is 5.60 Å². The number of hydrogen-bond acceptors (Lipinski definition) is 5. The molecule has 0 spiro atoms. The first-order chi connectivity index (χ1) is 11.8. The highest BCUT2D eigenvalue weighted by Crippen LogP contribution is 2.36. The normalized spacial score (nSPS) is 24.9. The number of carbonyl (C=O) groups excluding carboxylic acids is 1. The van der Waals surface area contributed by atoms with Gasteiger partial charge >= 0.3 is 6.09 Å². The highest BCUT2D eigenvalue weighted by atomic mass is 16.6. The SMILES string of the molecule is CC(C)(C)OC(=O)N1CCC(OC2CC(n3cnc(CO)c3)C2)CC1. The summed E-state index contributed by atoms with van der Waals surface area (Å²) in [6.45, 7) is 7.02. The number of carbonyl (C=O) groups is 1. The van der Waals surface area contributed by atoms with Gasteiger partial charge in [-0.15, -0.1) is 0 Å². The summed E-state index contributed by atoms with van der Waals surface area (Å²) in [5.74, 6) is 0. The van der Waals surface area contributed by atoms with E-state index >= 15 is 0 Å². The molecule has 140 valence electrons. The van der Waals surface area contributed by atoms with Gasteiger partial charge in [-0.1, -0.05) is 0 Å². The van der Waals surface area contributed by atoms with E-state index in [0.29, 0.717) is 24.8 Å². The van der Waals surface area contributed by atoms with Gasteiger partial charge in [0.2, 0.25) is 0 Å². The molecule has 1 aliphatic carbocycles. The molecule has 1 saturated heterocycles. The van der Waals surface area contributed by atoms with Crippen LogP contribution in [0, 0.1) is 0 Å². The number of aromatic nitrogens is 2. The van der Waals surface area contributed by atoms with Crippen molar-refractivity contribution in [3.63, 3.8) is 0 Å². The van der Waals surface area contributed by atoms with Crippen LogP contribution in [0.2, 0.25) is 0 Å². The van der Waals surface area contributed by atoms with Crippen LogP contribution in [0.3, 0.4) is 0 Å². The molecule has 1 N–H and O–H groups in total. The zero-order valence-corrected chi connectivity index (χ0v) is 15.4. The van der Waals surface area contributed by atoms with Crippen LogP contribution >= 0.6 is 0 Å². The first kappa shape index (κ1) is 18.2. The second-order valence-corrected chi connectivity index (χ2v) is 8.02. The van der Waals surface area contributed by atoms with Crippen LogP contribution in [0.25, 0.3) is 0 Å². The molecule has 2 aliphatic rings. The van der Waals surface area contributed by atoms with E-state index in [2.05, 4.69) is 9.55 Å². The van der Waals surface area contributed by atoms with E-state index in [1.165, 1.54) is 0 Å². The molecule has 1 aliphatic heterocycles. The molecule has 1 aromatic heterocycles. The lowest BCUT2D eigenvalue weighted by molar-refractivity contribution is -0.0903. The Morgan fingerprint density at radius 1 is 1.28 bits per heavy atom. The Hall–Kier alpha value is -1.60. The van der Waals surface area contributed by atoms with E-state index in [4.69, 9.17) is 14.6 Å². The third-order valence-corrected chi connectivity index (χ3v) is 4.79. The van der Waals surface area contributed by atoms with Crippen molar-refractivity contribution in [3.05, 3.63) is 18.2 Å². The van der Waals surface area contributed by atoms with Gasteiger partial charge in [-0.3, -0.25) is 0 Å². The molecular weight excluding hydrogens is 322 g/mol. The highest BCUT2D eigenvalue weighted by molar-refractivity contribution is 5.68. The highest BCUT2D eigenvalue weighted by Gasteiger charge is 2.35. The number of rotatable bonds is 4. The number of nitrogens with zero attached hydrogens (tertiary/aromatic N) is 3. The van der Waals surface area contributed by atoms with Crippen molar-refractivity contribution in [2.75, 3.05) is 13.1 Å². The third-order valence-electron chi connectivity index (χ3n) is 4.79. The van der Waals surface area contributed by atoms with E-state index < -0.39 is 5.60 Å². The van der Waals surface area contributed by atoms with Crippen molar-refractivity contribution in [1.29, 1.82) is 0 Å². The number of imidazole rings is 1.